The number of carbonyl (C=O) groups excluding carboxylic acids is 7. The van der Waals surface area contributed by atoms with Gasteiger partial charge in [0.25, 0.3) is 0 Å². The van der Waals surface area contributed by atoms with Crippen LogP contribution in [-0.4, -0.2) is 112 Å². The van der Waals surface area contributed by atoms with E-state index in [4.69, 9.17) is 9.47 Å². The summed E-state index contributed by atoms with van der Waals surface area (Å²) in [7, 11) is 0. The first kappa shape index (κ1) is 45.6. The number of ketones is 1. The van der Waals surface area contributed by atoms with E-state index in [-0.39, 0.29) is 84.8 Å². The number of Topliss-reactive ketones (excluding diaryl/α,β-unsaturated/α-hetero) is 1. The Morgan fingerprint density at radius 1 is 0.633 bits per heavy atom. The summed E-state index contributed by atoms with van der Waals surface area (Å²) in [6.45, 7) is 10.6. The van der Waals surface area contributed by atoms with Crippen LogP contribution < -0.4 is 26.6 Å². The van der Waals surface area contributed by atoms with E-state index in [2.05, 4.69) is 47.4 Å². The van der Waals surface area contributed by atoms with E-state index in [0.29, 0.717) is 38.8 Å². The molecule has 16 heteroatoms. The molecule has 2 aliphatic carbocycles. The number of ether oxygens (including phenoxy) is 2. The third kappa shape index (κ3) is 13.5. The van der Waals surface area contributed by atoms with Crippen LogP contribution in [0.1, 0.15) is 97.1 Å². The highest BCUT2D eigenvalue weighted by Crippen LogP contribution is 2.29. The zero-order valence-electron chi connectivity index (χ0n) is 35.4. The average molecular weight is 832 g/mol. The molecule has 0 unspecified atom stereocenters. The Bertz CT molecular complexity index is 1820. The van der Waals surface area contributed by atoms with Crippen molar-refractivity contribution in [3.63, 3.8) is 0 Å². The maximum absolute atomic E-state index is 13.1. The van der Waals surface area contributed by atoms with Crippen LogP contribution >= 0.6 is 0 Å². The van der Waals surface area contributed by atoms with Gasteiger partial charge in [0.2, 0.25) is 23.6 Å². The number of nitrogens with zero attached hydrogens (tertiary/aromatic N) is 2. The maximum atomic E-state index is 13.1. The summed E-state index contributed by atoms with van der Waals surface area (Å²) in [5.74, 6) is -0.547. The van der Waals surface area contributed by atoms with E-state index in [1.54, 1.807) is 4.90 Å². The fraction of sp³-hybridized carbons (Fsp3) is 0.568. The van der Waals surface area contributed by atoms with E-state index < -0.39 is 24.3 Å². The molecule has 2 saturated heterocycles. The van der Waals surface area contributed by atoms with Crippen LogP contribution in [0.15, 0.2) is 60.7 Å². The molecular formula is C44H61N7O9. The molecule has 2 saturated carbocycles. The van der Waals surface area contributed by atoms with Crippen molar-refractivity contribution in [3.05, 3.63) is 71.8 Å². The molecule has 5 N–H and O–H groups in total. The van der Waals surface area contributed by atoms with Gasteiger partial charge in [-0.15, -0.1) is 0 Å². The van der Waals surface area contributed by atoms with E-state index in [9.17, 15) is 33.6 Å². The molecule has 326 valence electrons. The van der Waals surface area contributed by atoms with E-state index >= 15 is 0 Å². The second-order valence-electron chi connectivity index (χ2n) is 17.1. The van der Waals surface area contributed by atoms with Crippen LogP contribution in [0.5, 0.6) is 0 Å². The number of hydrogen-bond acceptors (Lipinski definition) is 10. The molecule has 6 amide bonds. The third-order valence-corrected chi connectivity index (χ3v) is 11.1. The fourth-order valence-corrected chi connectivity index (χ4v) is 8.61. The van der Waals surface area contributed by atoms with Crippen molar-refractivity contribution in [1.29, 1.82) is 0 Å². The van der Waals surface area contributed by atoms with Crippen molar-refractivity contribution in [3.8, 4) is 0 Å². The summed E-state index contributed by atoms with van der Waals surface area (Å²) in [6, 6.07) is 16.9. The van der Waals surface area contributed by atoms with Gasteiger partial charge in [-0.1, -0.05) is 60.7 Å². The van der Waals surface area contributed by atoms with Gasteiger partial charge in [0.1, 0.15) is 31.1 Å². The van der Waals surface area contributed by atoms with Gasteiger partial charge in [0, 0.05) is 51.4 Å². The highest BCUT2D eigenvalue weighted by Gasteiger charge is 2.44. The number of likely N-dealkylation sites (tertiary alicyclic amines) is 2. The number of carbonyl (C=O) groups is 7. The second-order valence-corrected chi connectivity index (χ2v) is 17.1. The highest BCUT2D eigenvalue weighted by atomic mass is 16.6. The lowest BCUT2D eigenvalue weighted by Crippen LogP contribution is -2.59. The van der Waals surface area contributed by atoms with Crippen LogP contribution in [0, 0.1) is 0 Å². The van der Waals surface area contributed by atoms with Gasteiger partial charge in [-0.3, -0.25) is 24.0 Å². The average Bonchev–Trinajstić information content (AvgIpc) is 3.73. The molecule has 0 aromatic heterocycles. The summed E-state index contributed by atoms with van der Waals surface area (Å²) in [5, 5.41) is 14.8. The minimum Gasteiger partial charge on any atom is -0.445 e. The standard InChI is InChI=1S/C24H36N4O4.C20H25N3O5/c1-16(29)25-20-14-18(27-24(2,3)4)10-11-21(20)28-13-12-19(22(28)30)26-23(31)32-15-17-8-6-5-7-9-17;1-13(24)21-17-11-15(25)7-8-18(17)23-10-9-16(19(23)26)22-20(27)28-12-14-5-3-2-4-6-14/h5-9,18-21,27H,10-15H2,1-4H3,(H,25,29)(H,26,31);2-6,16-18H,7-12H2,1H3,(H,21,24)(H,22,27)/t18-,19+,20-,21+;16-,17+,18-/m10/s1. The second kappa shape index (κ2) is 21.1. The Hall–Kier alpha value is -5.51. The monoisotopic (exact) mass is 831 g/mol. The molecule has 0 spiro atoms. The Balaban J connectivity index is 0.000000230. The zero-order valence-corrected chi connectivity index (χ0v) is 35.4. The van der Waals surface area contributed by atoms with Crippen LogP contribution in [0.2, 0.25) is 0 Å². The van der Waals surface area contributed by atoms with Crippen LogP contribution in [0.3, 0.4) is 0 Å². The number of amides is 6. The van der Waals surface area contributed by atoms with Gasteiger partial charge < -0.3 is 45.9 Å². The summed E-state index contributed by atoms with van der Waals surface area (Å²) in [4.78, 5) is 88.7. The molecule has 0 bridgehead atoms. The molecular weight excluding hydrogens is 771 g/mol. The number of hydrogen-bond donors (Lipinski definition) is 5. The Morgan fingerprint density at radius 2 is 1.10 bits per heavy atom. The molecule has 7 atom stereocenters. The Morgan fingerprint density at radius 3 is 1.57 bits per heavy atom. The summed E-state index contributed by atoms with van der Waals surface area (Å²) in [6.07, 6.45) is 3.40. The van der Waals surface area contributed by atoms with Gasteiger partial charge in [-0.2, -0.15) is 0 Å². The predicted octanol–water partition coefficient (Wildman–Crippen LogP) is 3.47. The Labute approximate surface area is 352 Å². The molecule has 16 nitrogen and oxygen atoms in total. The lowest BCUT2D eigenvalue weighted by molar-refractivity contribution is -0.135. The molecule has 60 heavy (non-hydrogen) atoms. The molecule has 4 fully saturated rings. The van der Waals surface area contributed by atoms with Crippen molar-refractivity contribution < 1.29 is 43.0 Å². The summed E-state index contributed by atoms with van der Waals surface area (Å²) in [5.41, 5.74) is 1.74. The third-order valence-electron chi connectivity index (χ3n) is 11.1. The van der Waals surface area contributed by atoms with Crippen molar-refractivity contribution in [1.82, 2.24) is 36.4 Å². The lowest BCUT2D eigenvalue weighted by Gasteiger charge is -2.43. The Kier molecular flexibility index (Phi) is 16.1. The molecule has 2 aromatic carbocycles. The van der Waals surface area contributed by atoms with E-state index in [1.165, 1.54) is 13.8 Å². The van der Waals surface area contributed by atoms with Gasteiger partial charge in [0.05, 0.1) is 24.2 Å². The SMILES string of the molecule is CC(=O)N[C@@H]1CC(=O)CC[C@@H]1N1CC[C@H](NC(=O)OCc2ccccc2)C1=O.CC(=O)N[C@@H]1C[C@H](NC(C)(C)C)CC[C@@H]1N1CC[C@H](NC(=O)OCc2ccccc2)C1=O. The minimum absolute atomic E-state index is 0.0170. The number of rotatable bonds is 11. The first-order chi connectivity index (χ1) is 28.6. The first-order valence-electron chi connectivity index (χ1n) is 20.9. The highest BCUT2D eigenvalue weighted by molar-refractivity contribution is 5.89. The minimum atomic E-state index is -0.654. The van der Waals surface area contributed by atoms with E-state index in [0.717, 1.165) is 30.4 Å². The van der Waals surface area contributed by atoms with Crippen LogP contribution in [0.4, 0.5) is 9.59 Å². The molecule has 2 aromatic rings. The smallest absolute Gasteiger partial charge is 0.408 e. The van der Waals surface area contributed by atoms with Crippen LogP contribution in [-0.2, 0) is 46.7 Å². The molecule has 2 aliphatic heterocycles. The van der Waals surface area contributed by atoms with Crippen molar-refractivity contribution in [2.45, 2.75) is 147 Å². The normalized spacial score (nSPS) is 25.4. The van der Waals surface area contributed by atoms with Gasteiger partial charge >= 0.3 is 12.2 Å². The molecule has 6 rings (SSSR count). The van der Waals surface area contributed by atoms with Crippen LogP contribution in [0.25, 0.3) is 0 Å². The van der Waals surface area contributed by atoms with Gasteiger partial charge in [-0.05, 0) is 70.4 Å². The van der Waals surface area contributed by atoms with Gasteiger partial charge in [-0.25, -0.2) is 9.59 Å². The number of benzene rings is 2. The topological polar surface area (TPSA) is 205 Å². The van der Waals surface area contributed by atoms with Gasteiger partial charge in [0.15, 0.2) is 0 Å². The number of nitrogens with one attached hydrogen (secondary N) is 5. The molecule has 4 aliphatic rings. The predicted molar refractivity (Wildman–Crippen MR) is 222 cm³/mol. The van der Waals surface area contributed by atoms with Crippen molar-refractivity contribution >= 4 is 41.6 Å². The molecule has 0 radical (unpaired) electrons. The summed E-state index contributed by atoms with van der Waals surface area (Å²) >= 11 is 0. The quantitative estimate of drug-likeness (QED) is 0.223. The first-order valence-corrected chi connectivity index (χ1v) is 20.9. The van der Waals surface area contributed by atoms with Crippen molar-refractivity contribution in [2.75, 3.05) is 13.1 Å². The maximum Gasteiger partial charge on any atom is 0.408 e. The summed E-state index contributed by atoms with van der Waals surface area (Å²) < 4.78 is 10.5. The number of alkyl carbamates (subject to hydrolysis) is 2. The lowest BCUT2D eigenvalue weighted by atomic mass is 9.84. The largest absolute Gasteiger partial charge is 0.445 e. The van der Waals surface area contributed by atoms with Crippen molar-refractivity contribution in [2.24, 2.45) is 0 Å². The van der Waals surface area contributed by atoms with E-state index in [1.807, 2.05) is 65.6 Å². The molecule has 2 heterocycles. The zero-order chi connectivity index (χ0) is 43.4. The fourth-order valence-electron chi connectivity index (χ4n) is 8.61.